The fraction of sp³-hybridized carbons (Fsp3) is 0.200. The molecule has 2 aromatic carbocycles. The lowest BCUT2D eigenvalue weighted by molar-refractivity contribution is 0.325. The lowest BCUT2D eigenvalue weighted by atomic mass is 10.2. The highest BCUT2D eigenvalue weighted by Crippen LogP contribution is 2.40. The minimum absolute atomic E-state index is 0.139. The molecule has 0 fully saturated rings. The van der Waals surface area contributed by atoms with Gasteiger partial charge in [-0.2, -0.15) is 0 Å². The maximum atomic E-state index is 12.5. The van der Waals surface area contributed by atoms with Gasteiger partial charge in [0, 0.05) is 16.6 Å². The third-order valence-corrected chi connectivity index (χ3v) is 4.90. The molecule has 0 atom stereocenters. The van der Waals surface area contributed by atoms with E-state index in [1.54, 1.807) is 12.1 Å². The zero-order valence-electron chi connectivity index (χ0n) is 12.8. The Kier molecular flexibility index (Phi) is 5.38. The van der Waals surface area contributed by atoms with Crippen molar-refractivity contribution >= 4 is 31.6 Å². The van der Waals surface area contributed by atoms with Crippen LogP contribution in [0.2, 0.25) is 0 Å². The van der Waals surface area contributed by atoms with Crippen LogP contribution in [-0.2, 0) is 10.0 Å². The Labute approximate surface area is 143 Å². The van der Waals surface area contributed by atoms with E-state index in [0.717, 1.165) is 0 Å². The summed E-state index contributed by atoms with van der Waals surface area (Å²) in [5.74, 6) is 1.11. The van der Waals surface area contributed by atoms with Gasteiger partial charge in [-0.15, -0.1) is 0 Å². The van der Waals surface area contributed by atoms with E-state index in [1.807, 2.05) is 0 Å². The number of sulfonamides is 1. The van der Waals surface area contributed by atoms with Crippen molar-refractivity contribution in [1.29, 1.82) is 0 Å². The average Bonchev–Trinajstić information content (AvgIpc) is 2.53. The molecule has 124 valence electrons. The Morgan fingerprint density at radius 1 is 0.957 bits per heavy atom. The van der Waals surface area contributed by atoms with E-state index in [1.165, 1.54) is 45.6 Å². The van der Waals surface area contributed by atoms with Crippen molar-refractivity contribution in [3.05, 3.63) is 40.9 Å². The van der Waals surface area contributed by atoms with Gasteiger partial charge in [0.1, 0.15) is 0 Å². The second-order valence-electron chi connectivity index (χ2n) is 4.48. The molecule has 2 rings (SSSR count). The molecule has 0 radical (unpaired) electrons. The van der Waals surface area contributed by atoms with Crippen molar-refractivity contribution in [3.8, 4) is 17.2 Å². The largest absolute Gasteiger partial charge is 0.493 e. The van der Waals surface area contributed by atoms with Crippen LogP contribution < -0.4 is 18.9 Å². The van der Waals surface area contributed by atoms with E-state index in [0.29, 0.717) is 27.4 Å². The van der Waals surface area contributed by atoms with Gasteiger partial charge < -0.3 is 14.2 Å². The molecule has 0 aliphatic heterocycles. The SMILES string of the molecule is COc1cc(NS(=O)(=O)c2cccc(Br)c2)cc(OC)c1OC. The molecule has 0 unspecified atom stereocenters. The minimum atomic E-state index is -3.74. The van der Waals surface area contributed by atoms with Crippen LogP contribution in [0.4, 0.5) is 5.69 Å². The summed E-state index contributed by atoms with van der Waals surface area (Å²) >= 11 is 3.26. The van der Waals surface area contributed by atoms with Gasteiger partial charge in [0.05, 0.1) is 31.9 Å². The van der Waals surface area contributed by atoms with Crippen LogP contribution in [0.1, 0.15) is 0 Å². The monoisotopic (exact) mass is 401 g/mol. The third kappa shape index (κ3) is 3.89. The van der Waals surface area contributed by atoms with E-state index < -0.39 is 10.0 Å². The molecule has 1 N–H and O–H groups in total. The summed E-state index contributed by atoms with van der Waals surface area (Å²) < 4.78 is 43.7. The van der Waals surface area contributed by atoms with E-state index in [-0.39, 0.29) is 4.90 Å². The van der Waals surface area contributed by atoms with Crippen molar-refractivity contribution in [3.63, 3.8) is 0 Å². The molecule has 2 aromatic rings. The Balaban J connectivity index is 2.43. The lowest BCUT2D eigenvalue weighted by Gasteiger charge is -2.15. The smallest absolute Gasteiger partial charge is 0.261 e. The second-order valence-corrected chi connectivity index (χ2v) is 7.07. The number of rotatable bonds is 6. The molecule has 0 aromatic heterocycles. The summed E-state index contributed by atoms with van der Waals surface area (Å²) in [4.78, 5) is 0.139. The Morgan fingerprint density at radius 2 is 1.57 bits per heavy atom. The van der Waals surface area contributed by atoms with Gasteiger partial charge in [-0.25, -0.2) is 8.42 Å². The molecule has 0 spiro atoms. The molecule has 0 saturated carbocycles. The van der Waals surface area contributed by atoms with E-state index in [4.69, 9.17) is 14.2 Å². The molecule has 0 bridgehead atoms. The van der Waals surface area contributed by atoms with Gasteiger partial charge >= 0.3 is 0 Å². The van der Waals surface area contributed by atoms with Crippen molar-refractivity contribution < 1.29 is 22.6 Å². The number of nitrogens with one attached hydrogen (secondary N) is 1. The first kappa shape index (κ1) is 17.4. The highest BCUT2D eigenvalue weighted by Gasteiger charge is 2.18. The number of ether oxygens (including phenoxy) is 3. The fourth-order valence-corrected chi connectivity index (χ4v) is 3.62. The highest BCUT2D eigenvalue weighted by atomic mass is 79.9. The second kappa shape index (κ2) is 7.10. The van der Waals surface area contributed by atoms with E-state index in [9.17, 15) is 8.42 Å². The number of hydrogen-bond donors (Lipinski definition) is 1. The first-order valence-electron chi connectivity index (χ1n) is 6.49. The van der Waals surface area contributed by atoms with Crippen LogP contribution in [0.15, 0.2) is 45.8 Å². The minimum Gasteiger partial charge on any atom is -0.493 e. The number of methoxy groups -OCH3 is 3. The molecular weight excluding hydrogens is 386 g/mol. The first-order chi connectivity index (χ1) is 10.9. The zero-order chi connectivity index (χ0) is 17.0. The lowest BCUT2D eigenvalue weighted by Crippen LogP contribution is -2.13. The highest BCUT2D eigenvalue weighted by molar-refractivity contribution is 9.10. The Morgan fingerprint density at radius 3 is 2.04 bits per heavy atom. The van der Waals surface area contributed by atoms with Crippen molar-refractivity contribution in [2.45, 2.75) is 4.90 Å². The molecule has 6 nitrogen and oxygen atoms in total. The number of hydrogen-bond acceptors (Lipinski definition) is 5. The van der Waals surface area contributed by atoms with Crippen LogP contribution >= 0.6 is 15.9 Å². The summed E-state index contributed by atoms with van der Waals surface area (Å²) in [6, 6.07) is 9.46. The third-order valence-electron chi connectivity index (χ3n) is 3.02. The molecule has 0 saturated heterocycles. The number of benzene rings is 2. The number of anilines is 1. The normalized spacial score (nSPS) is 11.0. The Bertz CT molecular complexity index is 782. The molecule has 0 aliphatic carbocycles. The molecule has 23 heavy (non-hydrogen) atoms. The zero-order valence-corrected chi connectivity index (χ0v) is 15.2. The quantitative estimate of drug-likeness (QED) is 0.803. The maximum Gasteiger partial charge on any atom is 0.261 e. The topological polar surface area (TPSA) is 73.9 Å². The average molecular weight is 402 g/mol. The summed E-state index contributed by atoms with van der Waals surface area (Å²) in [5.41, 5.74) is 0.305. The van der Waals surface area contributed by atoms with Gasteiger partial charge in [0.25, 0.3) is 10.0 Å². The van der Waals surface area contributed by atoms with Gasteiger partial charge in [0.2, 0.25) is 5.75 Å². The standard InChI is InChI=1S/C15H16BrNO5S/c1-20-13-8-11(9-14(21-2)15(13)22-3)17-23(18,19)12-6-4-5-10(16)7-12/h4-9,17H,1-3H3. The fourth-order valence-electron chi connectivity index (χ4n) is 1.99. The maximum absolute atomic E-state index is 12.5. The van der Waals surface area contributed by atoms with Crippen molar-refractivity contribution in [2.75, 3.05) is 26.1 Å². The Hall–Kier alpha value is -1.93. The molecular formula is C15H16BrNO5S. The van der Waals surface area contributed by atoms with Crippen molar-refractivity contribution in [2.24, 2.45) is 0 Å². The summed E-state index contributed by atoms with van der Waals surface area (Å²) in [6.07, 6.45) is 0. The van der Waals surface area contributed by atoms with Crippen LogP contribution in [0.3, 0.4) is 0 Å². The summed E-state index contributed by atoms with van der Waals surface area (Å²) in [6.45, 7) is 0. The van der Waals surface area contributed by atoms with Gasteiger partial charge in [-0.1, -0.05) is 22.0 Å². The van der Waals surface area contributed by atoms with Gasteiger partial charge in [-0.3, -0.25) is 4.72 Å². The van der Waals surface area contributed by atoms with Crippen LogP contribution in [0, 0.1) is 0 Å². The van der Waals surface area contributed by atoms with Gasteiger partial charge in [-0.05, 0) is 18.2 Å². The predicted molar refractivity (Wildman–Crippen MR) is 91.0 cm³/mol. The molecule has 0 aliphatic rings. The van der Waals surface area contributed by atoms with Crippen molar-refractivity contribution in [1.82, 2.24) is 0 Å². The van der Waals surface area contributed by atoms with E-state index >= 15 is 0 Å². The van der Waals surface area contributed by atoms with Crippen LogP contribution in [0.25, 0.3) is 0 Å². The van der Waals surface area contributed by atoms with E-state index in [2.05, 4.69) is 20.7 Å². The number of halogens is 1. The first-order valence-corrected chi connectivity index (χ1v) is 8.77. The predicted octanol–water partition coefficient (Wildman–Crippen LogP) is 3.28. The van der Waals surface area contributed by atoms with Crippen LogP contribution in [0.5, 0.6) is 17.2 Å². The summed E-state index contributed by atoms with van der Waals surface area (Å²) in [5, 5.41) is 0. The molecule has 0 heterocycles. The van der Waals surface area contributed by atoms with Crippen LogP contribution in [-0.4, -0.2) is 29.7 Å². The molecule has 8 heteroatoms. The van der Waals surface area contributed by atoms with Gasteiger partial charge in [0.15, 0.2) is 11.5 Å². The summed E-state index contributed by atoms with van der Waals surface area (Å²) in [7, 11) is 0.665. The molecule has 0 amide bonds.